The van der Waals surface area contributed by atoms with Crippen LogP contribution in [-0.4, -0.2) is 51.0 Å². The molecule has 9 nitrogen and oxygen atoms in total. The summed E-state index contributed by atoms with van der Waals surface area (Å²) in [6, 6.07) is 20.4. The van der Waals surface area contributed by atoms with E-state index in [1.165, 1.54) is 43.6 Å². The maximum atomic E-state index is 13.3. The van der Waals surface area contributed by atoms with Crippen molar-refractivity contribution in [1.29, 1.82) is 0 Å². The minimum Gasteiger partial charge on any atom is -0.342 e. The van der Waals surface area contributed by atoms with Crippen LogP contribution in [0.15, 0.2) is 77.9 Å². The number of nitrogens with one attached hydrogen (secondary N) is 2. The van der Waals surface area contributed by atoms with E-state index >= 15 is 0 Å². The molecule has 1 aromatic heterocycles. The summed E-state index contributed by atoms with van der Waals surface area (Å²) in [4.78, 5) is 39.4. The fourth-order valence-corrected chi connectivity index (χ4v) is 5.71. The van der Waals surface area contributed by atoms with Gasteiger partial charge in [-0.25, -0.2) is 4.98 Å². The molecule has 3 heterocycles. The molecule has 0 radical (unpaired) electrons. The van der Waals surface area contributed by atoms with Crippen LogP contribution >= 0.6 is 0 Å². The third-order valence-electron chi connectivity index (χ3n) is 7.87. The first-order valence-corrected chi connectivity index (χ1v) is 14.1. The maximum absolute atomic E-state index is 13.3. The number of aryl methyl sites for hydroxylation is 2. The Morgan fingerprint density at radius 1 is 1.07 bits per heavy atom. The lowest BCUT2D eigenvalue weighted by Crippen LogP contribution is -2.22. The lowest BCUT2D eigenvalue weighted by Gasteiger charge is -2.16. The molecule has 6 rings (SSSR count). The second-order valence-corrected chi connectivity index (χ2v) is 10.7. The molecule has 2 aliphatic heterocycles. The van der Waals surface area contributed by atoms with E-state index in [1.54, 1.807) is 12.3 Å². The number of aromatic nitrogens is 2. The number of fused-ring (bicyclic) bond motifs is 1. The van der Waals surface area contributed by atoms with Crippen LogP contribution in [0, 0.1) is 17.0 Å². The van der Waals surface area contributed by atoms with Gasteiger partial charge in [-0.2, -0.15) is 0 Å². The standard InChI is InChI=1S/C32H32N6O3/c1-21-33-20-29(34-21)23-10-12-25(13-11-23)35-31(30-27-19-26(38(40)41)14-15-28(27)36-32(30)39)24-8-6-22(7-9-24)5-4-18-37-16-2-3-17-37/h6-15,19-20,30H,2-5,16-18H2,1H3,(H,33,34)(H,36,39). The number of carbonyl (C=O) groups is 1. The van der Waals surface area contributed by atoms with Gasteiger partial charge in [-0.3, -0.25) is 19.9 Å². The monoisotopic (exact) mass is 548 g/mol. The number of amides is 1. The predicted molar refractivity (Wildman–Crippen MR) is 160 cm³/mol. The molecule has 1 unspecified atom stereocenters. The van der Waals surface area contributed by atoms with Crippen molar-refractivity contribution in [3.63, 3.8) is 0 Å². The summed E-state index contributed by atoms with van der Waals surface area (Å²) >= 11 is 0. The van der Waals surface area contributed by atoms with Crippen LogP contribution in [0.2, 0.25) is 0 Å². The molecule has 1 saturated heterocycles. The molecular formula is C32H32N6O3. The third-order valence-corrected chi connectivity index (χ3v) is 7.87. The predicted octanol–water partition coefficient (Wildman–Crippen LogP) is 6.18. The highest BCUT2D eigenvalue weighted by Crippen LogP contribution is 2.38. The zero-order valence-corrected chi connectivity index (χ0v) is 23.0. The molecule has 1 fully saturated rings. The van der Waals surface area contributed by atoms with Gasteiger partial charge in [0.25, 0.3) is 5.69 Å². The first-order chi connectivity index (χ1) is 19.9. The normalized spacial score (nSPS) is 17.0. The second kappa shape index (κ2) is 11.5. The van der Waals surface area contributed by atoms with Crippen molar-refractivity contribution in [2.45, 2.75) is 38.5 Å². The third kappa shape index (κ3) is 5.81. The van der Waals surface area contributed by atoms with Gasteiger partial charge in [0.15, 0.2) is 0 Å². The fraction of sp³-hybridized carbons (Fsp3) is 0.281. The average molecular weight is 549 g/mol. The van der Waals surface area contributed by atoms with Crippen molar-refractivity contribution in [2.24, 2.45) is 4.99 Å². The minimum atomic E-state index is -0.777. The van der Waals surface area contributed by atoms with Gasteiger partial charge in [0, 0.05) is 23.4 Å². The molecule has 2 N–H and O–H groups in total. The Morgan fingerprint density at radius 2 is 1.83 bits per heavy atom. The largest absolute Gasteiger partial charge is 0.342 e. The number of anilines is 1. The molecule has 4 aromatic rings. The Hall–Kier alpha value is -4.63. The number of aromatic amines is 1. The summed E-state index contributed by atoms with van der Waals surface area (Å²) in [5, 5.41) is 14.4. The van der Waals surface area contributed by atoms with Crippen molar-refractivity contribution >= 4 is 28.7 Å². The van der Waals surface area contributed by atoms with Crippen molar-refractivity contribution in [3.05, 3.63) is 106 Å². The van der Waals surface area contributed by atoms with Gasteiger partial charge in [0.05, 0.1) is 28.2 Å². The van der Waals surface area contributed by atoms with Gasteiger partial charge in [0.1, 0.15) is 11.7 Å². The minimum absolute atomic E-state index is 0.0582. The number of imidazole rings is 1. The summed E-state index contributed by atoms with van der Waals surface area (Å²) in [5.74, 6) is -0.191. The Kier molecular flexibility index (Phi) is 7.43. The molecule has 0 saturated carbocycles. The van der Waals surface area contributed by atoms with Gasteiger partial charge in [-0.05, 0) is 87.1 Å². The van der Waals surface area contributed by atoms with E-state index in [9.17, 15) is 14.9 Å². The lowest BCUT2D eigenvalue weighted by atomic mass is 9.89. The molecule has 41 heavy (non-hydrogen) atoms. The van der Waals surface area contributed by atoms with E-state index in [0.29, 0.717) is 22.6 Å². The quantitative estimate of drug-likeness (QED) is 0.147. The molecule has 2 aliphatic rings. The number of H-pyrrole nitrogens is 1. The highest BCUT2D eigenvalue weighted by atomic mass is 16.6. The number of benzene rings is 3. The van der Waals surface area contributed by atoms with Gasteiger partial charge in [-0.15, -0.1) is 0 Å². The number of aliphatic imine (C=N–C) groups is 1. The van der Waals surface area contributed by atoms with Crippen LogP contribution in [0.4, 0.5) is 17.1 Å². The van der Waals surface area contributed by atoms with Crippen molar-refractivity contribution in [3.8, 4) is 11.3 Å². The molecule has 1 atom stereocenters. The molecular weight excluding hydrogens is 516 g/mol. The van der Waals surface area contributed by atoms with Gasteiger partial charge in [-0.1, -0.05) is 36.4 Å². The molecule has 0 spiro atoms. The number of nitro groups is 1. The number of carbonyl (C=O) groups excluding carboxylic acids is 1. The number of hydrogen-bond acceptors (Lipinski definition) is 6. The summed E-state index contributed by atoms with van der Waals surface area (Å²) in [6.45, 7) is 5.41. The number of nitrogens with zero attached hydrogens (tertiary/aromatic N) is 4. The van der Waals surface area contributed by atoms with Crippen LogP contribution in [-0.2, 0) is 11.2 Å². The topological polar surface area (TPSA) is 117 Å². The first-order valence-electron chi connectivity index (χ1n) is 14.1. The Bertz CT molecular complexity index is 1600. The van der Waals surface area contributed by atoms with E-state index in [2.05, 4.69) is 32.3 Å². The van der Waals surface area contributed by atoms with Crippen molar-refractivity contribution in [1.82, 2.24) is 14.9 Å². The smallest absolute Gasteiger partial charge is 0.269 e. The Balaban J connectivity index is 1.33. The SMILES string of the molecule is Cc1ncc(-c2ccc(N=C(c3ccc(CCCN4CCCC4)cc3)C3C(=O)Nc4ccc([N+](=O)[O-])cc43)cc2)[nH]1. The van der Waals surface area contributed by atoms with E-state index in [0.717, 1.165) is 42.0 Å². The van der Waals surface area contributed by atoms with Gasteiger partial charge < -0.3 is 15.2 Å². The average Bonchev–Trinajstić information content (AvgIpc) is 3.72. The van der Waals surface area contributed by atoms with Crippen LogP contribution < -0.4 is 5.32 Å². The summed E-state index contributed by atoms with van der Waals surface area (Å²) in [5.41, 5.74) is 6.23. The second-order valence-electron chi connectivity index (χ2n) is 10.7. The zero-order valence-electron chi connectivity index (χ0n) is 23.0. The van der Waals surface area contributed by atoms with Crippen LogP contribution in [0.5, 0.6) is 0 Å². The Labute approximate surface area is 238 Å². The number of non-ortho nitro benzene ring substituents is 1. The van der Waals surface area contributed by atoms with Crippen LogP contribution in [0.1, 0.15) is 47.7 Å². The Morgan fingerprint density at radius 3 is 2.51 bits per heavy atom. The summed E-state index contributed by atoms with van der Waals surface area (Å²) < 4.78 is 0. The number of nitro benzene ring substituents is 1. The van der Waals surface area contributed by atoms with Crippen molar-refractivity contribution < 1.29 is 9.72 Å². The number of rotatable bonds is 9. The van der Waals surface area contributed by atoms with Crippen LogP contribution in [0.25, 0.3) is 11.3 Å². The zero-order chi connectivity index (χ0) is 28.3. The molecule has 9 heteroatoms. The van der Waals surface area contributed by atoms with E-state index in [4.69, 9.17) is 4.99 Å². The van der Waals surface area contributed by atoms with Gasteiger partial charge >= 0.3 is 0 Å². The molecule has 208 valence electrons. The molecule has 0 aliphatic carbocycles. The lowest BCUT2D eigenvalue weighted by molar-refractivity contribution is -0.384. The van der Waals surface area contributed by atoms with Gasteiger partial charge in [0.2, 0.25) is 5.91 Å². The van der Waals surface area contributed by atoms with Crippen LogP contribution in [0.3, 0.4) is 0 Å². The van der Waals surface area contributed by atoms with Crippen molar-refractivity contribution in [2.75, 3.05) is 25.0 Å². The van der Waals surface area contributed by atoms with E-state index in [1.807, 2.05) is 43.3 Å². The molecule has 0 bridgehead atoms. The summed E-state index contributed by atoms with van der Waals surface area (Å²) in [7, 11) is 0. The van der Waals surface area contributed by atoms with E-state index in [-0.39, 0.29) is 11.6 Å². The molecule has 1 amide bonds. The highest BCUT2D eigenvalue weighted by molar-refractivity contribution is 6.24. The summed E-state index contributed by atoms with van der Waals surface area (Å²) in [6.07, 6.45) is 6.46. The number of likely N-dealkylation sites (tertiary alicyclic amines) is 1. The maximum Gasteiger partial charge on any atom is 0.269 e. The first kappa shape index (κ1) is 26.6. The fourth-order valence-electron chi connectivity index (χ4n) is 5.71. The molecule has 3 aromatic carbocycles. The highest BCUT2D eigenvalue weighted by Gasteiger charge is 2.36. The van der Waals surface area contributed by atoms with E-state index < -0.39 is 10.8 Å². The number of hydrogen-bond donors (Lipinski definition) is 2.